The van der Waals surface area contributed by atoms with E-state index in [-0.39, 0.29) is 24.1 Å². The molecule has 2 aromatic rings. The zero-order valence-corrected chi connectivity index (χ0v) is 15.6. The molecule has 2 heterocycles. The topological polar surface area (TPSA) is 64.4 Å². The highest BCUT2D eigenvalue weighted by atomic mass is 32.2. The van der Waals surface area contributed by atoms with Gasteiger partial charge in [0.05, 0.1) is 23.3 Å². The molecule has 146 valence electrons. The highest BCUT2D eigenvalue weighted by Crippen LogP contribution is 2.40. The van der Waals surface area contributed by atoms with Crippen LogP contribution < -0.4 is 0 Å². The summed E-state index contributed by atoms with van der Waals surface area (Å²) >= 11 is 0. The van der Waals surface area contributed by atoms with E-state index in [4.69, 9.17) is 4.74 Å². The number of halogens is 2. The first-order valence-corrected chi connectivity index (χ1v) is 10.3. The standard InChI is InChI=1S/C18H21F2N3O3S/c1-12-2-6-15(7-3-12)27(24,25)22-10-16(13-4-5-13)26-17(11-22)14-8-21-23(9-14)18(19)20/h2-3,6-9,13,16-18H,4-5,10-11H2,1H3/t16-,17+/m0/s1. The van der Waals surface area contributed by atoms with E-state index in [1.54, 1.807) is 24.3 Å². The van der Waals surface area contributed by atoms with Gasteiger partial charge in [0.1, 0.15) is 0 Å². The molecule has 1 aliphatic heterocycles. The van der Waals surface area contributed by atoms with Gasteiger partial charge in [0.25, 0.3) is 0 Å². The quantitative estimate of drug-likeness (QED) is 0.778. The number of hydrogen-bond acceptors (Lipinski definition) is 4. The summed E-state index contributed by atoms with van der Waals surface area (Å²) in [5.41, 5.74) is 1.44. The predicted molar refractivity (Wildman–Crippen MR) is 93.8 cm³/mol. The number of sulfonamides is 1. The summed E-state index contributed by atoms with van der Waals surface area (Å²) in [6.45, 7) is -0.492. The molecule has 1 aliphatic carbocycles. The first-order valence-electron chi connectivity index (χ1n) is 8.89. The molecule has 2 aliphatic rings. The third kappa shape index (κ3) is 3.76. The molecule has 1 aromatic carbocycles. The fourth-order valence-corrected chi connectivity index (χ4v) is 4.80. The van der Waals surface area contributed by atoms with Crippen molar-refractivity contribution in [3.63, 3.8) is 0 Å². The monoisotopic (exact) mass is 397 g/mol. The van der Waals surface area contributed by atoms with Crippen LogP contribution in [-0.2, 0) is 14.8 Å². The fraction of sp³-hybridized carbons (Fsp3) is 0.500. The number of rotatable bonds is 5. The van der Waals surface area contributed by atoms with Crippen molar-refractivity contribution in [2.24, 2.45) is 5.92 Å². The number of hydrogen-bond donors (Lipinski definition) is 0. The SMILES string of the molecule is Cc1ccc(S(=O)(=O)N2C[C@@H](C3CC3)O[C@@H](c3cnn(C(F)F)c3)C2)cc1. The molecule has 0 unspecified atom stereocenters. The molecule has 27 heavy (non-hydrogen) atoms. The second kappa shape index (κ2) is 6.96. The highest BCUT2D eigenvalue weighted by Gasteiger charge is 2.42. The second-order valence-electron chi connectivity index (χ2n) is 7.17. The van der Waals surface area contributed by atoms with E-state index in [9.17, 15) is 17.2 Å². The number of aryl methyl sites for hydroxylation is 1. The Bertz CT molecular complexity index is 910. The molecule has 4 rings (SSSR count). The van der Waals surface area contributed by atoms with Crippen molar-refractivity contribution < 1.29 is 21.9 Å². The van der Waals surface area contributed by atoms with Crippen LogP contribution in [0.5, 0.6) is 0 Å². The molecule has 1 aromatic heterocycles. The summed E-state index contributed by atoms with van der Waals surface area (Å²) in [5.74, 6) is 0.314. The Kier molecular flexibility index (Phi) is 4.77. The van der Waals surface area contributed by atoms with E-state index in [0.29, 0.717) is 16.2 Å². The van der Waals surface area contributed by atoms with E-state index in [1.807, 2.05) is 6.92 Å². The van der Waals surface area contributed by atoms with Gasteiger partial charge in [0.2, 0.25) is 10.0 Å². The Balaban J connectivity index is 1.62. The summed E-state index contributed by atoms with van der Waals surface area (Å²) in [6, 6.07) is 6.71. The molecule has 0 amide bonds. The second-order valence-corrected chi connectivity index (χ2v) is 9.10. The number of benzene rings is 1. The normalized spacial score (nSPS) is 24.4. The fourth-order valence-electron chi connectivity index (χ4n) is 3.35. The maximum Gasteiger partial charge on any atom is 0.333 e. The number of nitrogens with zero attached hydrogens (tertiary/aromatic N) is 3. The minimum Gasteiger partial charge on any atom is -0.367 e. The summed E-state index contributed by atoms with van der Waals surface area (Å²) in [6.07, 6.45) is 3.68. The molecule has 2 fully saturated rings. The van der Waals surface area contributed by atoms with Crippen LogP contribution in [0.25, 0.3) is 0 Å². The van der Waals surface area contributed by atoms with Crippen molar-refractivity contribution >= 4 is 10.0 Å². The van der Waals surface area contributed by atoms with Gasteiger partial charge in [-0.15, -0.1) is 0 Å². The largest absolute Gasteiger partial charge is 0.367 e. The Morgan fingerprint density at radius 2 is 1.89 bits per heavy atom. The third-order valence-electron chi connectivity index (χ3n) is 5.09. The van der Waals surface area contributed by atoms with Crippen molar-refractivity contribution in [2.75, 3.05) is 13.1 Å². The van der Waals surface area contributed by atoms with E-state index in [0.717, 1.165) is 18.4 Å². The lowest BCUT2D eigenvalue weighted by atomic mass is 10.1. The van der Waals surface area contributed by atoms with Gasteiger partial charge >= 0.3 is 6.55 Å². The summed E-state index contributed by atoms with van der Waals surface area (Å²) < 4.78 is 59.9. The van der Waals surface area contributed by atoms with Gasteiger partial charge in [-0.25, -0.2) is 13.1 Å². The molecule has 6 nitrogen and oxygen atoms in total. The van der Waals surface area contributed by atoms with Gasteiger partial charge in [-0.2, -0.15) is 18.2 Å². The lowest BCUT2D eigenvalue weighted by Crippen LogP contribution is -2.47. The molecule has 9 heteroatoms. The maximum absolute atomic E-state index is 13.1. The van der Waals surface area contributed by atoms with Crippen LogP contribution in [0.2, 0.25) is 0 Å². The van der Waals surface area contributed by atoms with Gasteiger partial charge in [-0.1, -0.05) is 17.7 Å². The van der Waals surface area contributed by atoms with Crippen molar-refractivity contribution in [2.45, 2.75) is 43.4 Å². The van der Waals surface area contributed by atoms with Crippen molar-refractivity contribution in [1.29, 1.82) is 0 Å². The van der Waals surface area contributed by atoms with E-state index >= 15 is 0 Å². The van der Waals surface area contributed by atoms with Crippen LogP contribution >= 0.6 is 0 Å². The molecular weight excluding hydrogens is 376 g/mol. The van der Waals surface area contributed by atoms with E-state index in [2.05, 4.69) is 5.10 Å². The zero-order chi connectivity index (χ0) is 19.2. The number of alkyl halides is 2. The molecular formula is C18H21F2N3O3S. The van der Waals surface area contributed by atoms with Crippen molar-refractivity contribution in [3.05, 3.63) is 47.8 Å². The molecule has 1 saturated carbocycles. The first-order chi connectivity index (χ1) is 12.8. The average Bonchev–Trinajstić information content (AvgIpc) is 3.37. The molecule has 0 radical (unpaired) electrons. The van der Waals surface area contributed by atoms with E-state index < -0.39 is 22.7 Å². The van der Waals surface area contributed by atoms with Gasteiger partial charge in [-0.05, 0) is 37.8 Å². The zero-order valence-electron chi connectivity index (χ0n) is 14.8. The van der Waals surface area contributed by atoms with Crippen LogP contribution in [0.3, 0.4) is 0 Å². The van der Waals surface area contributed by atoms with Crippen LogP contribution in [0.1, 0.15) is 36.6 Å². The van der Waals surface area contributed by atoms with Crippen molar-refractivity contribution in [1.82, 2.24) is 14.1 Å². The number of morpholine rings is 1. The Morgan fingerprint density at radius 1 is 1.19 bits per heavy atom. The average molecular weight is 397 g/mol. The molecule has 1 saturated heterocycles. The van der Waals surface area contributed by atoms with Gasteiger partial charge < -0.3 is 4.74 Å². The summed E-state index contributed by atoms with van der Waals surface area (Å²) in [5, 5.41) is 3.65. The maximum atomic E-state index is 13.1. The Morgan fingerprint density at radius 3 is 2.48 bits per heavy atom. The van der Waals surface area contributed by atoms with Crippen LogP contribution in [-0.4, -0.2) is 41.7 Å². The van der Waals surface area contributed by atoms with Gasteiger partial charge in [0, 0.05) is 24.8 Å². The molecule has 0 bridgehead atoms. The minimum atomic E-state index is -3.69. The summed E-state index contributed by atoms with van der Waals surface area (Å²) in [7, 11) is -3.69. The van der Waals surface area contributed by atoms with Gasteiger partial charge in [-0.3, -0.25) is 0 Å². The summed E-state index contributed by atoms with van der Waals surface area (Å²) in [4.78, 5) is 0.228. The predicted octanol–water partition coefficient (Wildman–Crippen LogP) is 3.13. The van der Waals surface area contributed by atoms with Crippen LogP contribution in [0, 0.1) is 12.8 Å². The smallest absolute Gasteiger partial charge is 0.333 e. The Labute approximate surface area is 156 Å². The molecule has 0 N–H and O–H groups in total. The molecule has 2 atom stereocenters. The minimum absolute atomic E-state index is 0.0777. The number of aromatic nitrogens is 2. The van der Waals surface area contributed by atoms with E-state index in [1.165, 1.54) is 16.7 Å². The lowest BCUT2D eigenvalue weighted by molar-refractivity contribution is -0.0748. The Hall–Kier alpha value is -1.84. The highest BCUT2D eigenvalue weighted by molar-refractivity contribution is 7.89. The van der Waals surface area contributed by atoms with Gasteiger partial charge in [0.15, 0.2) is 0 Å². The van der Waals surface area contributed by atoms with Crippen LogP contribution in [0.4, 0.5) is 8.78 Å². The van der Waals surface area contributed by atoms with Crippen molar-refractivity contribution in [3.8, 4) is 0 Å². The first kappa shape index (κ1) is 18.5. The number of ether oxygens (including phenoxy) is 1. The molecule has 0 spiro atoms. The lowest BCUT2D eigenvalue weighted by Gasteiger charge is -2.37. The third-order valence-corrected chi connectivity index (χ3v) is 6.94. The van der Waals surface area contributed by atoms with Crippen LogP contribution in [0.15, 0.2) is 41.6 Å².